The van der Waals surface area contributed by atoms with Crippen LogP contribution < -0.4 is 5.32 Å². The number of carbonyl (C=O) groups is 2. The topological polar surface area (TPSA) is 52.7 Å². The molecule has 2 fully saturated rings. The molecule has 2 saturated heterocycles. The molecule has 0 radical (unpaired) electrons. The van der Waals surface area contributed by atoms with Crippen LogP contribution in [0.4, 0.5) is 10.5 Å². The molecule has 0 unspecified atom stereocenters. The van der Waals surface area contributed by atoms with Crippen LogP contribution in [0.25, 0.3) is 0 Å². The fourth-order valence-electron chi connectivity index (χ4n) is 3.68. The second-order valence-corrected chi connectivity index (χ2v) is 7.65. The molecule has 1 aromatic carbocycles. The zero-order valence-electron chi connectivity index (χ0n) is 14.9. The molecule has 0 saturated carbocycles. The molecule has 0 spiro atoms. The van der Waals surface area contributed by atoms with Crippen molar-refractivity contribution < 1.29 is 9.59 Å². The molecule has 3 amide bonds. The lowest BCUT2D eigenvalue weighted by molar-refractivity contribution is -0.127. The summed E-state index contributed by atoms with van der Waals surface area (Å²) >= 11 is 1.69. The van der Waals surface area contributed by atoms with E-state index < -0.39 is 0 Å². The molecule has 136 valence electrons. The number of thioether (sulfide) groups is 1. The van der Waals surface area contributed by atoms with Gasteiger partial charge in [0.25, 0.3) is 0 Å². The molecule has 2 aliphatic heterocycles. The van der Waals surface area contributed by atoms with Crippen molar-refractivity contribution in [2.24, 2.45) is 0 Å². The van der Waals surface area contributed by atoms with E-state index in [1.807, 2.05) is 40.3 Å². The van der Waals surface area contributed by atoms with Crippen molar-refractivity contribution in [1.29, 1.82) is 0 Å². The highest BCUT2D eigenvalue weighted by Gasteiger charge is 2.28. The summed E-state index contributed by atoms with van der Waals surface area (Å²) in [6, 6.07) is 8.15. The Morgan fingerprint density at radius 2 is 2.00 bits per heavy atom. The van der Waals surface area contributed by atoms with Gasteiger partial charge < -0.3 is 15.1 Å². The van der Waals surface area contributed by atoms with Crippen LogP contribution in [0, 0.1) is 0 Å². The number of nitrogens with zero attached hydrogens (tertiary/aromatic N) is 2. The standard InChI is InChI=1S/C19H27N3O2S/c1-25-17-9-7-15(8-10-17)20-19(24)22-13-3-2-5-16(22)11-14-21-12-4-6-18(21)23/h7-10,16H,2-6,11-14H2,1H3,(H,20,24)/t16-/m1/s1. The number of hydrogen-bond acceptors (Lipinski definition) is 3. The Kier molecular flexibility index (Phi) is 6.24. The van der Waals surface area contributed by atoms with E-state index in [0.717, 1.165) is 57.4 Å². The van der Waals surface area contributed by atoms with E-state index in [2.05, 4.69) is 5.32 Å². The smallest absolute Gasteiger partial charge is 0.322 e. The minimum Gasteiger partial charge on any atom is -0.343 e. The Bertz CT molecular complexity index is 605. The Hall–Kier alpha value is -1.69. The number of amides is 3. The summed E-state index contributed by atoms with van der Waals surface area (Å²) in [7, 11) is 0. The largest absolute Gasteiger partial charge is 0.343 e. The number of hydrogen-bond donors (Lipinski definition) is 1. The average Bonchev–Trinajstić information content (AvgIpc) is 3.05. The lowest BCUT2D eigenvalue weighted by Crippen LogP contribution is -2.47. The molecule has 1 aromatic rings. The highest BCUT2D eigenvalue weighted by atomic mass is 32.2. The van der Waals surface area contributed by atoms with Gasteiger partial charge >= 0.3 is 6.03 Å². The minimum absolute atomic E-state index is 0.0191. The lowest BCUT2D eigenvalue weighted by atomic mass is 9.99. The van der Waals surface area contributed by atoms with Crippen LogP contribution in [0.1, 0.15) is 38.5 Å². The molecule has 0 aliphatic carbocycles. The second-order valence-electron chi connectivity index (χ2n) is 6.77. The predicted octanol–water partition coefficient (Wildman–Crippen LogP) is 3.81. The summed E-state index contributed by atoms with van der Waals surface area (Å²) in [6.45, 7) is 2.45. The summed E-state index contributed by atoms with van der Waals surface area (Å²) in [5, 5.41) is 3.03. The Labute approximate surface area is 154 Å². The van der Waals surface area contributed by atoms with Crippen molar-refractivity contribution in [3.8, 4) is 0 Å². The van der Waals surface area contributed by atoms with E-state index in [0.29, 0.717) is 6.42 Å². The summed E-state index contributed by atoms with van der Waals surface area (Å²) in [5.74, 6) is 0.265. The molecular weight excluding hydrogens is 334 g/mol. The fourth-order valence-corrected chi connectivity index (χ4v) is 4.09. The molecule has 2 aliphatic rings. The second kappa shape index (κ2) is 8.61. The normalized spacial score (nSPS) is 20.8. The van der Waals surface area contributed by atoms with Gasteiger partial charge in [0.05, 0.1) is 0 Å². The first-order valence-electron chi connectivity index (χ1n) is 9.17. The summed E-state index contributed by atoms with van der Waals surface area (Å²) in [6.07, 6.45) is 7.81. The van der Waals surface area contributed by atoms with Crippen LogP contribution in [0.5, 0.6) is 0 Å². The van der Waals surface area contributed by atoms with E-state index in [-0.39, 0.29) is 18.0 Å². The van der Waals surface area contributed by atoms with Crippen LogP contribution >= 0.6 is 11.8 Å². The van der Waals surface area contributed by atoms with Gasteiger partial charge in [-0.1, -0.05) is 0 Å². The van der Waals surface area contributed by atoms with Crippen LogP contribution in [-0.2, 0) is 4.79 Å². The van der Waals surface area contributed by atoms with Crippen LogP contribution in [-0.4, -0.2) is 53.7 Å². The summed E-state index contributed by atoms with van der Waals surface area (Å²) in [4.78, 5) is 29.6. The highest BCUT2D eigenvalue weighted by Crippen LogP contribution is 2.23. The van der Waals surface area contributed by atoms with Gasteiger partial charge in [0.2, 0.25) is 5.91 Å². The third kappa shape index (κ3) is 4.69. The number of nitrogens with one attached hydrogen (secondary N) is 1. The maximum Gasteiger partial charge on any atom is 0.322 e. The van der Waals surface area contributed by atoms with Crippen LogP contribution in [0.3, 0.4) is 0 Å². The molecule has 1 atom stereocenters. The van der Waals surface area contributed by atoms with Crippen molar-refractivity contribution in [2.75, 3.05) is 31.2 Å². The lowest BCUT2D eigenvalue weighted by Gasteiger charge is -2.36. The van der Waals surface area contributed by atoms with E-state index in [9.17, 15) is 9.59 Å². The number of benzene rings is 1. The summed E-state index contributed by atoms with van der Waals surface area (Å²) in [5.41, 5.74) is 0.835. The third-order valence-electron chi connectivity index (χ3n) is 5.13. The molecule has 1 N–H and O–H groups in total. The van der Waals surface area contributed by atoms with Gasteiger partial charge in [-0.25, -0.2) is 4.79 Å². The monoisotopic (exact) mass is 361 g/mol. The Balaban J connectivity index is 1.57. The molecule has 25 heavy (non-hydrogen) atoms. The van der Waals surface area contributed by atoms with E-state index in [1.165, 1.54) is 4.90 Å². The summed E-state index contributed by atoms with van der Waals surface area (Å²) < 4.78 is 0. The minimum atomic E-state index is -0.0191. The maximum absolute atomic E-state index is 12.7. The van der Waals surface area contributed by atoms with Gasteiger partial charge in [0.15, 0.2) is 0 Å². The van der Waals surface area contributed by atoms with Gasteiger partial charge in [-0.15, -0.1) is 11.8 Å². The van der Waals surface area contributed by atoms with Crippen LogP contribution in [0.2, 0.25) is 0 Å². The van der Waals surface area contributed by atoms with Gasteiger partial charge in [-0.2, -0.15) is 0 Å². The number of anilines is 1. The Morgan fingerprint density at radius 1 is 1.20 bits per heavy atom. The van der Waals surface area contributed by atoms with Crippen molar-refractivity contribution in [3.63, 3.8) is 0 Å². The molecule has 0 aromatic heterocycles. The Morgan fingerprint density at radius 3 is 2.68 bits per heavy atom. The van der Waals surface area contributed by atoms with E-state index in [4.69, 9.17) is 0 Å². The first kappa shape index (κ1) is 18.1. The molecule has 5 nitrogen and oxygen atoms in total. The number of likely N-dealkylation sites (tertiary alicyclic amines) is 2. The zero-order chi connectivity index (χ0) is 17.6. The number of piperidine rings is 1. The number of urea groups is 1. The average molecular weight is 362 g/mol. The van der Waals surface area contributed by atoms with Gasteiger partial charge in [-0.05, 0) is 62.6 Å². The quantitative estimate of drug-likeness (QED) is 0.812. The van der Waals surface area contributed by atoms with Gasteiger partial charge in [0, 0.05) is 42.7 Å². The van der Waals surface area contributed by atoms with Crippen molar-refractivity contribution in [1.82, 2.24) is 9.80 Å². The predicted molar refractivity (Wildman–Crippen MR) is 102 cm³/mol. The van der Waals surface area contributed by atoms with Crippen molar-refractivity contribution in [2.45, 2.75) is 49.5 Å². The van der Waals surface area contributed by atoms with Crippen molar-refractivity contribution >= 4 is 29.4 Å². The first-order chi connectivity index (χ1) is 12.2. The fraction of sp³-hybridized carbons (Fsp3) is 0.579. The van der Waals surface area contributed by atoms with Crippen molar-refractivity contribution in [3.05, 3.63) is 24.3 Å². The van der Waals surface area contributed by atoms with Crippen LogP contribution in [0.15, 0.2) is 29.2 Å². The number of rotatable bonds is 5. The molecular formula is C19H27N3O2S. The molecule has 2 heterocycles. The zero-order valence-corrected chi connectivity index (χ0v) is 15.7. The third-order valence-corrected chi connectivity index (χ3v) is 5.88. The SMILES string of the molecule is CSc1ccc(NC(=O)N2CCCC[C@@H]2CCN2CCCC2=O)cc1. The van der Waals surface area contributed by atoms with E-state index >= 15 is 0 Å². The highest BCUT2D eigenvalue weighted by molar-refractivity contribution is 7.98. The molecule has 3 rings (SSSR count). The maximum atomic E-state index is 12.7. The van der Waals surface area contributed by atoms with Gasteiger partial charge in [-0.3, -0.25) is 4.79 Å². The first-order valence-corrected chi connectivity index (χ1v) is 10.4. The molecule has 0 bridgehead atoms. The van der Waals surface area contributed by atoms with E-state index in [1.54, 1.807) is 11.8 Å². The number of carbonyl (C=O) groups excluding carboxylic acids is 2. The molecule has 6 heteroatoms. The van der Waals surface area contributed by atoms with Gasteiger partial charge in [0.1, 0.15) is 0 Å².